The van der Waals surface area contributed by atoms with Crippen molar-refractivity contribution < 1.29 is 24.7 Å². The number of hydrogen-bond donors (Lipinski definition) is 2. The number of halogens is 1. The van der Waals surface area contributed by atoms with Crippen LogP contribution in [0.1, 0.15) is 18.6 Å². The van der Waals surface area contributed by atoms with Gasteiger partial charge in [-0.2, -0.15) is 0 Å². The van der Waals surface area contributed by atoms with Crippen LogP contribution in [0.15, 0.2) is 12.4 Å². The van der Waals surface area contributed by atoms with Gasteiger partial charge in [0.15, 0.2) is 6.10 Å². The zero-order valence-electron chi connectivity index (χ0n) is 9.82. The molecule has 2 atom stereocenters. The topological polar surface area (TPSA) is 123 Å². The zero-order chi connectivity index (χ0) is 14.6. The predicted octanol–water partition coefficient (Wildman–Crippen LogP) is 0.601. The van der Waals surface area contributed by atoms with E-state index in [0.29, 0.717) is 0 Å². The number of rotatable bonds is 5. The van der Waals surface area contributed by atoms with E-state index in [1.165, 1.54) is 6.92 Å². The summed E-state index contributed by atoms with van der Waals surface area (Å²) in [5, 5.41) is 29.6. The first-order valence-electron chi connectivity index (χ1n) is 5.20. The van der Waals surface area contributed by atoms with E-state index in [0.717, 1.165) is 12.4 Å². The van der Waals surface area contributed by atoms with Gasteiger partial charge in [0.25, 0.3) is 0 Å². The van der Waals surface area contributed by atoms with E-state index in [2.05, 4.69) is 9.72 Å². The number of carbonyl (C=O) groups is 1. The summed E-state index contributed by atoms with van der Waals surface area (Å²) in [6.45, 7) is 1.54. The van der Waals surface area contributed by atoms with Crippen molar-refractivity contribution in [2.45, 2.75) is 19.1 Å². The Kier molecular flexibility index (Phi) is 5.16. The van der Waals surface area contributed by atoms with E-state index in [1.807, 2.05) is 0 Å². The number of hydrogen-bond acceptors (Lipinski definition) is 7. The fraction of sp³-hybridized carbons (Fsp3) is 0.400. The van der Waals surface area contributed by atoms with E-state index < -0.39 is 33.8 Å². The summed E-state index contributed by atoms with van der Waals surface area (Å²) in [7, 11) is 0. The van der Waals surface area contributed by atoms with Gasteiger partial charge in [0.1, 0.15) is 17.3 Å². The van der Waals surface area contributed by atoms with E-state index in [-0.39, 0.29) is 12.2 Å². The summed E-state index contributed by atoms with van der Waals surface area (Å²) in [4.78, 5) is 24.6. The first-order chi connectivity index (χ1) is 8.90. The number of nitro groups is 1. The first kappa shape index (κ1) is 15.3. The van der Waals surface area contributed by atoms with Gasteiger partial charge in [-0.25, -0.2) is 4.79 Å². The summed E-state index contributed by atoms with van der Waals surface area (Å²) in [5.74, 6) is -1.06. The molecule has 0 fully saturated rings. The Morgan fingerprint density at radius 1 is 1.58 bits per heavy atom. The zero-order valence-corrected chi connectivity index (χ0v) is 10.6. The molecule has 9 heteroatoms. The molecule has 0 aliphatic heterocycles. The van der Waals surface area contributed by atoms with Gasteiger partial charge < -0.3 is 14.9 Å². The molecular weight excluding hydrogens is 280 g/mol. The van der Waals surface area contributed by atoms with Crippen molar-refractivity contribution >= 4 is 23.3 Å². The summed E-state index contributed by atoms with van der Waals surface area (Å²) < 4.78 is 4.52. The standard InChI is InChI=1S/C10H11ClN2O6/c1-2-19-10(16)9(15)8(14)5-3-12-4-6(7(5)11)13(17)18/h3-4,8-9,14-15H,2H2,1H3. The maximum Gasteiger partial charge on any atom is 0.338 e. The van der Waals surface area contributed by atoms with Crippen molar-refractivity contribution in [1.29, 1.82) is 0 Å². The van der Waals surface area contributed by atoms with Crippen LogP contribution in [0, 0.1) is 10.1 Å². The molecule has 0 aromatic carbocycles. The van der Waals surface area contributed by atoms with E-state index >= 15 is 0 Å². The number of aliphatic hydroxyl groups is 2. The van der Waals surface area contributed by atoms with Crippen molar-refractivity contribution in [3.05, 3.63) is 33.1 Å². The lowest BCUT2D eigenvalue weighted by Crippen LogP contribution is -2.30. The van der Waals surface area contributed by atoms with Crippen LogP contribution in [-0.2, 0) is 9.53 Å². The highest BCUT2D eigenvalue weighted by atomic mass is 35.5. The van der Waals surface area contributed by atoms with Crippen LogP contribution in [0.3, 0.4) is 0 Å². The fourth-order valence-corrected chi connectivity index (χ4v) is 1.59. The Hall–Kier alpha value is -1.77. The summed E-state index contributed by atoms with van der Waals surface area (Å²) in [5.41, 5.74) is -0.759. The van der Waals surface area contributed by atoms with E-state index in [1.54, 1.807) is 0 Å². The highest BCUT2D eigenvalue weighted by molar-refractivity contribution is 6.33. The molecule has 19 heavy (non-hydrogen) atoms. The predicted molar refractivity (Wildman–Crippen MR) is 63.5 cm³/mol. The van der Waals surface area contributed by atoms with Crippen LogP contribution in [-0.4, -0.2) is 38.8 Å². The Bertz CT molecular complexity index is 495. The van der Waals surface area contributed by atoms with Gasteiger partial charge in [-0.1, -0.05) is 11.6 Å². The van der Waals surface area contributed by atoms with Crippen LogP contribution in [0.5, 0.6) is 0 Å². The minimum atomic E-state index is -1.90. The van der Waals surface area contributed by atoms with Crippen molar-refractivity contribution in [2.24, 2.45) is 0 Å². The number of aromatic nitrogens is 1. The molecule has 2 N–H and O–H groups in total. The number of ether oxygens (including phenoxy) is 1. The van der Waals surface area contributed by atoms with Crippen LogP contribution < -0.4 is 0 Å². The van der Waals surface area contributed by atoms with Gasteiger partial charge in [-0.3, -0.25) is 15.1 Å². The third-order valence-electron chi connectivity index (χ3n) is 2.23. The highest BCUT2D eigenvalue weighted by Gasteiger charge is 2.31. The average Bonchev–Trinajstić information content (AvgIpc) is 2.37. The van der Waals surface area contributed by atoms with Crippen LogP contribution in [0.4, 0.5) is 5.69 Å². The third kappa shape index (κ3) is 3.37. The molecule has 0 saturated carbocycles. The molecule has 8 nitrogen and oxygen atoms in total. The molecule has 0 amide bonds. The van der Waals surface area contributed by atoms with Crippen molar-refractivity contribution in [1.82, 2.24) is 4.98 Å². The first-order valence-corrected chi connectivity index (χ1v) is 5.58. The van der Waals surface area contributed by atoms with E-state index in [9.17, 15) is 25.1 Å². The Labute approximate surface area is 112 Å². The SMILES string of the molecule is CCOC(=O)C(O)C(O)c1cncc([N+](=O)[O-])c1Cl. The lowest BCUT2D eigenvalue weighted by molar-refractivity contribution is -0.385. The van der Waals surface area contributed by atoms with Gasteiger partial charge >= 0.3 is 11.7 Å². The Morgan fingerprint density at radius 2 is 2.21 bits per heavy atom. The van der Waals surface area contributed by atoms with Gasteiger partial charge in [-0.15, -0.1) is 0 Å². The molecule has 0 radical (unpaired) electrons. The van der Waals surface area contributed by atoms with Crippen molar-refractivity contribution in [3.8, 4) is 0 Å². The lowest BCUT2D eigenvalue weighted by atomic mass is 10.1. The largest absolute Gasteiger partial charge is 0.464 e. The quantitative estimate of drug-likeness (QED) is 0.462. The molecule has 1 aromatic heterocycles. The molecule has 104 valence electrons. The minimum absolute atomic E-state index is 0.0174. The van der Waals surface area contributed by atoms with Crippen molar-refractivity contribution in [2.75, 3.05) is 6.61 Å². The average molecular weight is 291 g/mol. The number of carbonyl (C=O) groups excluding carboxylic acids is 1. The summed E-state index contributed by atoms with van der Waals surface area (Å²) in [6, 6.07) is 0. The van der Waals surface area contributed by atoms with Crippen LogP contribution in [0.25, 0.3) is 0 Å². The van der Waals surface area contributed by atoms with E-state index in [4.69, 9.17) is 11.6 Å². The summed E-state index contributed by atoms with van der Waals surface area (Å²) >= 11 is 5.72. The number of esters is 1. The number of nitrogens with zero attached hydrogens (tertiary/aromatic N) is 2. The van der Waals surface area contributed by atoms with Gasteiger partial charge in [0.2, 0.25) is 0 Å². The number of aliphatic hydroxyl groups excluding tert-OH is 2. The second-order valence-electron chi connectivity index (χ2n) is 3.46. The molecule has 0 bridgehead atoms. The molecule has 0 aliphatic carbocycles. The molecule has 1 aromatic rings. The Balaban J connectivity index is 3.06. The molecule has 1 rings (SSSR count). The van der Waals surface area contributed by atoms with Gasteiger partial charge in [0.05, 0.1) is 11.5 Å². The highest BCUT2D eigenvalue weighted by Crippen LogP contribution is 2.32. The minimum Gasteiger partial charge on any atom is -0.464 e. The smallest absolute Gasteiger partial charge is 0.338 e. The molecule has 0 saturated heterocycles. The molecule has 1 heterocycles. The molecular formula is C10H11ClN2O6. The molecule has 0 spiro atoms. The van der Waals surface area contributed by atoms with Crippen LogP contribution in [0.2, 0.25) is 5.02 Å². The second kappa shape index (κ2) is 6.41. The molecule has 2 unspecified atom stereocenters. The Morgan fingerprint density at radius 3 is 2.74 bits per heavy atom. The normalized spacial score (nSPS) is 13.7. The fourth-order valence-electron chi connectivity index (χ4n) is 1.31. The third-order valence-corrected chi connectivity index (χ3v) is 2.64. The maximum absolute atomic E-state index is 11.3. The second-order valence-corrected chi connectivity index (χ2v) is 3.84. The van der Waals surface area contributed by atoms with Crippen LogP contribution >= 0.6 is 11.6 Å². The lowest BCUT2D eigenvalue weighted by Gasteiger charge is -2.17. The van der Waals surface area contributed by atoms with Crippen molar-refractivity contribution in [3.63, 3.8) is 0 Å². The monoisotopic (exact) mass is 290 g/mol. The maximum atomic E-state index is 11.3. The summed E-state index contributed by atoms with van der Waals surface area (Å²) in [6.07, 6.45) is -1.74. The number of pyridine rings is 1. The van der Waals surface area contributed by atoms with Gasteiger partial charge in [0, 0.05) is 11.8 Å². The molecule has 0 aliphatic rings. The van der Waals surface area contributed by atoms with Gasteiger partial charge in [-0.05, 0) is 6.92 Å².